The zero-order valence-corrected chi connectivity index (χ0v) is 14.9. The van der Waals surface area contributed by atoms with Crippen LogP contribution in [0.5, 0.6) is 5.88 Å². The largest absolute Gasteiger partial charge is 0.478 e. The van der Waals surface area contributed by atoms with Gasteiger partial charge in [-0.25, -0.2) is 4.98 Å². The molecule has 0 unspecified atom stereocenters. The molecule has 3 heterocycles. The van der Waals surface area contributed by atoms with Crippen molar-refractivity contribution in [3.05, 3.63) is 24.4 Å². The third-order valence-electron chi connectivity index (χ3n) is 6.08. The molecule has 5 nitrogen and oxygen atoms in total. The number of aromatic nitrogens is 1. The van der Waals surface area contributed by atoms with Crippen LogP contribution >= 0.6 is 0 Å². The number of piperidine rings is 1. The number of rotatable bonds is 6. The molecule has 1 aliphatic carbocycles. The second kappa shape index (κ2) is 7.32. The molecule has 0 aromatic carbocycles. The van der Waals surface area contributed by atoms with Crippen LogP contribution in [0.1, 0.15) is 44.9 Å². The first kappa shape index (κ1) is 16.8. The highest BCUT2D eigenvalue weighted by Gasteiger charge is 2.46. The Morgan fingerprint density at radius 2 is 2.12 bits per heavy atom. The Hall–Kier alpha value is -1.62. The van der Waals surface area contributed by atoms with Crippen molar-refractivity contribution in [3.63, 3.8) is 0 Å². The summed E-state index contributed by atoms with van der Waals surface area (Å²) in [6.45, 7) is 3.22. The van der Waals surface area contributed by atoms with E-state index in [9.17, 15) is 4.79 Å². The molecule has 2 saturated heterocycles. The van der Waals surface area contributed by atoms with Crippen LogP contribution in [0.3, 0.4) is 0 Å². The number of amides is 1. The number of likely N-dealkylation sites (tertiary alicyclic amines) is 1. The van der Waals surface area contributed by atoms with Gasteiger partial charge in [0.25, 0.3) is 0 Å². The van der Waals surface area contributed by atoms with Gasteiger partial charge in [0.2, 0.25) is 11.8 Å². The smallest absolute Gasteiger partial charge is 0.222 e. The number of ether oxygens (including phenoxy) is 2. The Morgan fingerprint density at radius 3 is 2.84 bits per heavy atom. The average Bonchev–Trinajstić information content (AvgIpc) is 3.38. The number of carbonyl (C=O) groups excluding carboxylic acids is 1. The van der Waals surface area contributed by atoms with Crippen LogP contribution in [0.4, 0.5) is 0 Å². The van der Waals surface area contributed by atoms with Gasteiger partial charge in [-0.1, -0.05) is 6.07 Å². The molecule has 3 aliphatic rings. The van der Waals surface area contributed by atoms with Crippen LogP contribution in [0, 0.1) is 11.8 Å². The van der Waals surface area contributed by atoms with E-state index in [4.69, 9.17) is 9.47 Å². The zero-order valence-electron chi connectivity index (χ0n) is 14.9. The van der Waals surface area contributed by atoms with E-state index in [-0.39, 0.29) is 5.60 Å². The summed E-state index contributed by atoms with van der Waals surface area (Å²) in [5.74, 6) is 2.24. The Kier molecular flexibility index (Phi) is 4.93. The van der Waals surface area contributed by atoms with Crippen molar-refractivity contribution in [3.8, 4) is 5.88 Å². The summed E-state index contributed by atoms with van der Waals surface area (Å²) < 4.78 is 12.0. The van der Waals surface area contributed by atoms with E-state index in [2.05, 4.69) is 9.88 Å². The summed E-state index contributed by atoms with van der Waals surface area (Å²) in [5, 5.41) is 0. The molecule has 0 radical (unpaired) electrons. The maximum atomic E-state index is 12.3. The maximum Gasteiger partial charge on any atom is 0.222 e. The van der Waals surface area contributed by atoms with Gasteiger partial charge >= 0.3 is 0 Å². The summed E-state index contributed by atoms with van der Waals surface area (Å²) in [7, 11) is 0. The number of pyridine rings is 1. The molecule has 136 valence electrons. The first-order valence-electron chi connectivity index (χ1n) is 9.71. The van der Waals surface area contributed by atoms with Gasteiger partial charge in [0.05, 0.1) is 12.2 Å². The zero-order chi connectivity index (χ0) is 17.1. The van der Waals surface area contributed by atoms with Crippen molar-refractivity contribution < 1.29 is 14.3 Å². The fourth-order valence-electron chi connectivity index (χ4n) is 4.32. The third kappa shape index (κ3) is 3.97. The van der Waals surface area contributed by atoms with Crippen molar-refractivity contribution in [2.45, 2.75) is 50.5 Å². The molecule has 25 heavy (non-hydrogen) atoms. The average molecular weight is 344 g/mol. The Balaban J connectivity index is 1.26. The highest BCUT2D eigenvalue weighted by atomic mass is 16.5. The Morgan fingerprint density at radius 1 is 1.28 bits per heavy atom. The lowest BCUT2D eigenvalue weighted by molar-refractivity contribution is -0.138. The molecule has 0 N–H and O–H groups in total. The second-order valence-electron chi connectivity index (χ2n) is 7.73. The third-order valence-corrected chi connectivity index (χ3v) is 6.08. The molecule has 1 atom stereocenters. The summed E-state index contributed by atoms with van der Waals surface area (Å²) in [6.07, 6.45) is 9.03. The van der Waals surface area contributed by atoms with Crippen LogP contribution in [-0.2, 0) is 9.53 Å². The summed E-state index contributed by atoms with van der Waals surface area (Å²) in [5.41, 5.74) is -0.0379. The highest BCUT2D eigenvalue weighted by Crippen LogP contribution is 2.43. The van der Waals surface area contributed by atoms with Gasteiger partial charge in [-0.05, 0) is 56.4 Å². The molecule has 3 fully saturated rings. The van der Waals surface area contributed by atoms with Crippen LogP contribution in [-0.4, -0.2) is 47.7 Å². The normalized spacial score (nSPS) is 25.3. The van der Waals surface area contributed by atoms with E-state index in [1.807, 2.05) is 18.2 Å². The van der Waals surface area contributed by atoms with E-state index >= 15 is 0 Å². The molecule has 1 aromatic rings. The SMILES string of the molecule is O=C(CC1CC1)N1CCC2(CC1)OCC[C@H]2CCOc1ccccn1. The molecule has 5 heteroatoms. The number of nitrogens with zero attached hydrogens (tertiary/aromatic N) is 2. The van der Waals surface area contributed by atoms with Crippen LogP contribution < -0.4 is 4.74 Å². The van der Waals surface area contributed by atoms with Crippen molar-refractivity contribution in [1.29, 1.82) is 0 Å². The fraction of sp³-hybridized carbons (Fsp3) is 0.700. The second-order valence-corrected chi connectivity index (χ2v) is 7.73. The lowest BCUT2D eigenvalue weighted by atomic mass is 9.78. The fourth-order valence-corrected chi connectivity index (χ4v) is 4.32. The van der Waals surface area contributed by atoms with E-state index in [1.54, 1.807) is 6.20 Å². The highest BCUT2D eigenvalue weighted by molar-refractivity contribution is 5.76. The summed E-state index contributed by atoms with van der Waals surface area (Å²) in [4.78, 5) is 18.6. The molecule has 1 saturated carbocycles. The molecule has 1 amide bonds. The van der Waals surface area contributed by atoms with Crippen molar-refractivity contribution in [2.24, 2.45) is 11.8 Å². The lowest BCUT2D eigenvalue weighted by Crippen LogP contribution is -2.49. The summed E-state index contributed by atoms with van der Waals surface area (Å²) >= 11 is 0. The van der Waals surface area contributed by atoms with Crippen molar-refractivity contribution in [2.75, 3.05) is 26.3 Å². The van der Waals surface area contributed by atoms with Crippen molar-refractivity contribution >= 4 is 5.91 Å². The Bertz CT molecular complexity index is 580. The topological polar surface area (TPSA) is 51.7 Å². The standard InChI is InChI=1S/C20H28N2O3/c23-19(15-16-4-5-16)22-11-8-20(9-12-22)17(7-14-25-20)6-13-24-18-3-1-2-10-21-18/h1-3,10,16-17H,4-9,11-15H2/t17-/m1/s1. The van der Waals surface area contributed by atoms with Gasteiger partial charge in [-0.2, -0.15) is 0 Å². The first-order chi connectivity index (χ1) is 12.3. The molecular formula is C20H28N2O3. The van der Waals surface area contributed by atoms with E-state index in [0.717, 1.165) is 51.8 Å². The van der Waals surface area contributed by atoms with Crippen LogP contribution in [0.15, 0.2) is 24.4 Å². The summed E-state index contributed by atoms with van der Waals surface area (Å²) in [6, 6.07) is 5.73. The molecule has 1 aromatic heterocycles. The lowest BCUT2D eigenvalue weighted by Gasteiger charge is -2.42. The number of hydrogen-bond donors (Lipinski definition) is 0. The molecule has 4 rings (SSSR count). The van der Waals surface area contributed by atoms with Gasteiger partial charge in [-0.3, -0.25) is 4.79 Å². The minimum absolute atomic E-state index is 0.0379. The van der Waals surface area contributed by atoms with Gasteiger partial charge in [0, 0.05) is 38.4 Å². The van der Waals surface area contributed by atoms with Gasteiger partial charge < -0.3 is 14.4 Å². The molecular weight excluding hydrogens is 316 g/mol. The predicted molar refractivity (Wildman–Crippen MR) is 94.3 cm³/mol. The predicted octanol–water partition coefficient (Wildman–Crippen LogP) is 3.05. The van der Waals surface area contributed by atoms with Gasteiger partial charge in [0.15, 0.2) is 0 Å². The number of carbonyl (C=O) groups is 1. The quantitative estimate of drug-likeness (QED) is 0.796. The molecule has 1 spiro atoms. The van der Waals surface area contributed by atoms with E-state index in [1.165, 1.54) is 12.8 Å². The minimum atomic E-state index is -0.0379. The van der Waals surface area contributed by atoms with Crippen LogP contribution in [0.25, 0.3) is 0 Å². The number of hydrogen-bond acceptors (Lipinski definition) is 4. The molecule has 2 aliphatic heterocycles. The van der Waals surface area contributed by atoms with E-state index < -0.39 is 0 Å². The first-order valence-corrected chi connectivity index (χ1v) is 9.71. The van der Waals surface area contributed by atoms with Crippen LogP contribution in [0.2, 0.25) is 0 Å². The molecule has 0 bridgehead atoms. The van der Waals surface area contributed by atoms with Gasteiger partial charge in [-0.15, -0.1) is 0 Å². The maximum absolute atomic E-state index is 12.3. The van der Waals surface area contributed by atoms with Gasteiger partial charge in [0.1, 0.15) is 0 Å². The Labute approximate surface area is 149 Å². The monoisotopic (exact) mass is 344 g/mol. The van der Waals surface area contributed by atoms with Crippen molar-refractivity contribution in [1.82, 2.24) is 9.88 Å². The van der Waals surface area contributed by atoms with E-state index in [0.29, 0.717) is 30.2 Å². The minimum Gasteiger partial charge on any atom is -0.478 e.